The molecule has 0 saturated heterocycles. The van der Waals surface area contributed by atoms with Gasteiger partial charge in [0.05, 0.1) is 48.9 Å². The maximum Gasteiger partial charge on any atom is 0.419 e. The van der Waals surface area contributed by atoms with E-state index in [0.29, 0.717) is 34.4 Å². The van der Waals surface area contributed by atoms with E-state index in [1.807, 2.05) is 13.8 Å². The molecule has 0 radical (unpaired) electrons. The number of aliphatic hydroxyl groups excluding tert-OH is 3. The van der Waals surface area contributed by atoms with Crippen LogP contribution in [0, 0.1) is 5.92 Å². The number of hydrogen-bond donors (Lipinski definition) is 5. The number of nitrogens with zero attached hydrogens (tertiary/aromatic N) is 1. The summed E-state index contributed by atoms with van der Waals surface area (Å²) in [5, 5.41) is 34.1. The van der Waals surface area contributed by atoms with Crippen LogP contribution in [0.3, 0.4) is 0 Å². The first-order valence-corrected chi connectivity index (χ1v) is 9.23. The third-order valence-electron chi connectivity index (χ3n) is 3.79. The molecule has 0 spiro atoms. The molecule has 1 aromatic heterocycles. The Bertz CT molecular complexity index is 849. The number of carboxylic acids is 1. The number of aliphatic carboxylic acids is 1. The molecule has 0 saturated carbocycles. The highest BCUT2D eigenvalue weighted by Crippen LogP contribution is 2.30. The minimum Gasteiger partial charge on any atom is -0.492 e. The zero-order chi connectivity index (χ0) is 22.2. The summed E-state index contributed by atoms with van der Waals surface area (Å²) in [6.45, 7) is 3.34. The Morgan fingerprint density at radius 2 is 1.86 bits per heavy atom. The molecule has 2 aromatic rings. The number of carbonyl (C=O) groups is 1. The molecule has 2 rings (SSSR count). The number of nitrogens with two attached hydrogens (primary N) is 1. The number of rotatable bonds is 9. The highest BCUT2D eigenvalue weighted by Gasteiger charge is 2.20. The molecule has 0 aliphatic rings. The molecular weight excluding hydrogens is 408 g/mol. The van der Waals surface area contributed by atoms with Crippen LogP contribution >= 0.6 is 11.6 Å². The fourth-order valence-electron chi connectivity index (χ4n) is 2.00. The normalized spacial score (nSPS) is 11.4. The summed E-state index contributed by atoms with van der Waals surface area (Å²) < 4.78 is 11.9. The van der Waals surface area contributed by atoms with Crippen molar-refractivity contribution in [1.82, 2.24) is 4.57 Å². The van der Waals surface area contributed by atoms with Gasteiger partial charge in [-0.05, 0) is 12.0 Å². The van der Waals surface area contributed by atoms with Crippen LogP contribution in [0.1, 0.15) is 20.3 Å². The summed E-state index contributed by atoms with van der Waals surface area (Å²) in [5.41, 5.74) is 4.73. The molecule has 164 valence electrons. The number of oxazole rings is 1. The second-order valence-electron chi connectivity index (χ2n) is 6.96. The lowest BCUT2D eigenvalue weighted by atomic mass is 10.1. The molecule has 0 aliphatic carbocycles. The smallest absolute Gasteiger partial charge is 0.419 e. The second kappa shape index (κ2) is 11.2. The van der Waals surface area contributed by atoms with E-state index in [0.717, 1.165) is 0 Å². The van der Waals surface area contributed by atoms with Gasteiger partial charge in [-0.1, -0.05) is 25.4 Å². The number of benzene rings is 1. The minimum absolute atomic E-state index is 0.0314. The van der Waals surface area contributed by atoms with Gasteiger partial charge in [0.25, 0.3) is 0 Å². The van der Waals surface area contributed by atoms with E-state index in [-0.39, 0.29) is 13.0 Å². The highest BCUT2D eigenvalue weighted by molar-refractivity contribution is 6.32. The third kappa shape index (κ3) is 7.33. The summed E-state index contributed by atoms with van der Waals surface area (Å²) in [5.74, 6) is -0.816. The number of aryl methyl sites for hydroxylation is 1. The predicted molar refractivity (Wildman–Crippen MR) is 106 cm³/mol. The van der Waals surface area contributed by atoms with Gasteiger partial charge in [0, 0.05) is 12.6 Å². The summed E-state index contributed by atoms with van der Waals surface area (Å²) in [4.78, 5) is 22.4. The Morgan fingerprint density at radius 3 is 2.31 bits per heavy atom. The predicted octanol–water partition coefficient (Wildman–Crippen LogP) is 0.418. The van der Waals surface area contributed by atoms with E-state index >= 15 is 0 Å². The SMILES string of the molecule is CC(C)COc1cc2oc(=O)n(CCC(=O)O)c2cc1Cl.NC(CO)(CO)CO. The average molecular weight is 435 g/mol. The topological polar surface area (TPSA) is 168 Å². The zero-order valence-corrected chi connectivity index (χ0v) is 17.1. The van der Waals surface area contributed by atoms with Gasteiger partial charge in [-0.25, -0.2) is 4.79 Å². The molecular formula is C18H27ClN2O8. The van der Waals surface area contributed by atoms with Crippen molar-refractivity contribution < 1.29 is 34.4 Å². The molecule has 0 bridgehead atoms. The number of aromatic nitrogens is 1. The summed E-state index contributed by atoms with van der Waals surface area (Å²) in [7, 11) is 0. The first-order chi connectivity index (χ1) is 13.6. The summed E-state index contributed by atoms with van der Waals surface area (Å²) in [6, 6.07) is 3.11. The van der Waals surface area contributed by atoms with Crippen LogP contribution in [0.15, 0.2) is 21.3 Å². The highest BCUT2D eigenvalue weighted by atomic mass is 35.5. The van der Waals surface area contributed by atoms with Crippen molar-refractivity contribution in [1.29, 1.82) is 0 Å². The Balaban J connectivity index is 0.000000447. The quantitative estimate of drug-likeness (QED) is 0.375. The Morgan fingerprint density at radius 1 is 1.28 bits per heavy atom. The van der Waals surface area contributed by atoms with Crippen molar-refractivity contribution in [3.05, 3.63) is 27.7 Å². The van der Waals surface area contributed by atoms with Crippen molar-refractivity contribution in [3.63, 3.8) is 0 Å². The number of carboxylic acid groups (broad SMARTS) is 1. The fourth-order valence-corrected chi connectivity index (χ4v) is 2.21. The molecule has 0 atom stereocenters. The largest absolute Gasteiger partial charge is 0.492 e. The standard InChI is InChI=1S/C14H16ClNO5.C4H11NO3/c1-8(2)7-20-11-6-12-10(5-9(11)15)16(14(19)21-12)4-3-13(17)18;5-4(1-6,2-7)3-8/h5-6,8H,3-4,7H2,1-2H3,(H,17,18);6-8H,1-3,5H2. The van der Waals surface area contributed by atoms with Crippen molar-refractivity contribution in [3.8, 4) is 5.75 Å². The summed E-state index contributed by atoms with van der Waals surface area (Å²) >= 11 is 6.13. The first kappa shape index (κ1) is 24.9. The van der Waals surface area contributed by atoms with Crippen molar-refractivity contribution >= 4 is 28.7 Å². The summed E-state index contributed by atoms with van der Waals surface area (Å²) in [6.07, 6.45) is -0.169. The van der Waals surface area contributed by atoms with E-state index in [1.165, 1.54) is 4.57 Å². The number of hydrogen-bond acceptors (Lipinski definition) is 8. The maximum atomic E-state index is 11.8. The molecule has 0 fully saturated rings. The van der Waals surface area contributed by atoms with Gasteiger partial charge in [-0.2, -0.15) is 0 Å². The molecule has 10 nitrogen and oxygen atoms in total. The number of ether oxygens (including phenoxy) is 1. The van der Waals surface area contributed by atoms with Gasteiger partial charge in [0.15, 0.2) is 5.58 Å². The lowest BCUT2D eigenvalue weighted by Crippen LogP contribution is -2.50. The number of fused-ring (bicyclic) bond motifs is 1. The van der Waals surface area contributed by atoms with Crippen LogP contribution in [0.4, 0.5) is 0 Å². The van der Waals surface area contributed by atoms with E-state index in [9.17, 15) is 9.59 Å². The van der Waals surface area contributed by atoms with Gasteiger partial charge in [0.2, 0.25) is 0 Å². The van der Waals surface area contributed by atoms with Gasteiger partial charge in [-0.3, -0.25) is 9.36 Å². The van der Waals surface area contributed by atoms with Crippen molar-refractivity contribution in [2.24, 2.45) is 11.7 Å². The molecule has 0 amide bonds. The van der Waals surface area contributed by atoms with Gasteiger partial charge >= 0.3 is 11.7 Å². The van der Waals surface area contributed by atoms with E-state index in [1.54, 1.807) is 12.1 Å². The second-order valence-corrected chi connectivity index (χ2v) is 7.36. The molecule has 1 heterocycles. The van der Waals surface area contributed by atoms with Crippen molar-refractivity contribution in [2.45, 2.75) is 32.4 Å². The van der Waals surface area contributed by atoms with Crippen molar-refractivity contribution in [2.75, 3.05) is 26.4 Å². The van der Waals surface area contributed by atoms with Gasteiger partial charge in [0.1, 0.15) is 5.75 Å². The molecule has 29 heavy (non-hydrogen) atoms. The number of halogens is 1. The molecule has 1 aromatic carbocycles. The Labute approximate surface area is 172 Å². The molecule has 11 heteroatoms. The number of aliphatic hydroxyl groups is 3. The van der Waals surface area contributed by atoms with Crippen LogP contribution in [-0.4, -0.2) is 62.9 Å². The van der Waals surface area contributed by atoms with Crippen LogP contribution < -0.4 is 16.2 Å². The lowest BCUT2D eigenvalue weighted by molar-refractivity contribution is -0.137. The van der Waals surface area contributed by atoms with E-state index < -0.39 is 37.1 Å². The van der Waals surface area contributed by atoms with Gasteiger partial charge in [-0.15, -0.1) is 0 Å². The van der Waals surface area contributed by atoms with Crippen LogP contribution in [0.25, 0.3) is 11.1 Å². The molecule has 0 unspecified atom stereocenters. The van der Waals surface area contributed by atoms with Crippen LogP contribution in [0.5, 0.6) is 5.75 Å². The molecule has 6 N–H and O–H groups in total. The fraction of sp³-hybridized carbons (Fsp3) is 0.556. The van der Waals surface area contributed by atoms with Crippen LogP contribution in [-0.2, 0) is 11.3 Å². The minimum atomic E-state index is -1.21. The molecule has 0 aliphatic heterocycles. The Hall–Kier alpha value is -2.11. The third-order valence-corrected chi connectivity index (χ3v) is 4.08. The van der Waals surface area contributed by atoms with E-state index in [4.69, 9.17) is 46.9 Å². The van der Waals surface area contributed by atoms with E-state index in [2.05, 4.69) is 0 Å². The maximum absolute atomic E-state index is 11.8. The lowest BCUT2D eigenvalue weighted by Gasteiger charge is -2.20. The first-order valence-electron chi connectivity index (χ1n) is 8.85. The zero-order valence-electron chi connectivity index (χ0n) is 16.3. The van der Waals surface area contributed by atoms with Crippen LogP contribution in [0.2, 0.25) is 5.02 Å². The Kier molecular flexibility index (Phi) is 9.60. The average Bonchev–Trinajstić information content (AvgIpc) is 2.98. The monoisotopic (exact) mass is 434 g/mol. The van der Waals surface area contributed by atoms with Gasteiger partial charge < -0.3 is 35.3 Å².